The molecule has 0 radical (unpaired) electrons. The Morgan fingerprint density at radius 3 is 2.26 bits per heavy atom. The molecule has 6 N–H and O–H groups in total. The van der Waals surface area contributed by atoms with Gasteiger partial charge >= 0.3 is 18.0 Å². The van der Waals surface area contributed by atoms with Gasteiger partial charge in [0.2, 0.25) is 5.91 Å². The number of hydrogen-bond donors (Lipinski definition) is 6. The topological polar surface area (TPSA) is 158 Å². The van der Waals surface area contributed by atoms with Gasteiger partial charge in [-0.05, 0) is 48.6 Å². The Balaban J connectivity index is 1.85. The van der Waals surface area contributed by atoms with E-state index in [1.165, 1.54) is 7.11 Å². The van der Waals surface area contributed by atoms with Crippen molar-refractivity contribution in [2.75, 3.05) is 30.8 Å². The number of ether oxygens (including phenoxy) is 1. The van der Waals surface area contributed by atoms with Crippen LogP contribution in [0.4, 0.5) is 21.0 Å². The number of carboxylic acid groups (broad SMARTS) is 1. The van der Waals surface area contributed by atoms with E-state index in [2.05, 4.69) is 26.6 Å². The zero-order chi connectivity index (χ0) is 28.3. The van der Waals surface area contributed by atoms with Crippen LogP contribution in [0.3, 0.4) is 0 Å². The van der Waals surface area contributed by atoms with E-state index in [0.717, 1.165) is 5.56 Å². The number of aliphatic carboxylic acids is 1. The van der Waals surface area contributed by atoms with Gasteiger partial charge in [0.1, 0.15) is 5.75 Å². The molecular formula is C27H37N5O6. The van der Waals surface area contributed by atoms with Crippen molar-refractivity contribution >= 4 is 35.3 Å². The molecule has 0 fully saturated rings. The summed E-state index contributed by atoms with van der Waals surface area (Å²) in [6.45, 7) is 7.87. The van der Waals surface area contributed by atoms with Gasteiger partial charge in [-0.3, -0.25) is 9.59 Å². The molecule has 0 aromatic heterocycles. The van der Waals surface area contributed by atoms with Gasteiger partial charge in [0.05, 0.1) is 25.6 Å². The molecule has 0 aliphatic carbocycles. The van der Waals surface area contributed by atoms with E-state index >= 15 is 0 Å². The Morgan fingerprint density at radius 2 is 1.61 bits per heavy atom. The number of amides is 5. The van der Waals surface area contributed by atoms with Crippen LogP contribution in [0.25, 0.3) is 0 Å². The number of carbonyl (C=O) groups is 4. The summed E-state index contributed by atoms with van der Waals surface area (Å²) in [5.41, 5.74) is 2.35. The Hall–Kier alpha value is -4.28. The molecule has 0 heterocycles. The first kappa shape index (κ1) is 29.9. The molecule has 0 aliphatic rings. The number of aryl methyl sites for hydroxylation is 1. The SMILES string of the molecule is COc1cc(CC(=O)NCC(C)(C)CNC(=O)NC(C)CC(=O)O)ccc1NC(=O)Nc1ccccc1C. The average Bonchev–Trinajstić information content (AvgIpc) is 2.83. The van der Waals surface area contributed by atoms with E-state index in [1.807, 2.05) is 45.0 Å². The van der Waals surface area contributed by atoms with Gasteiger partial charge in [-0.2, -0.15) is 0 Å². The van der Waals surface area contributed by atoms with Crippen molar-refractivity contribution < 1.29 is 29.0 Å². The summed E-state index contributed by atoms with van der Waals surface area (Å²) in [6, 6.07) is 11.2. The molecule has 0 aliphatic heterocycles. The van der Waals surface area contributed by atoms with Gasteiger partial charge in [0.15, 0.2) is 0 Å². The van der Waals surface area contributed by atoms with Crippen LogP contribution in [0.1, 0.15) is 38.3 Å². The molecular weight excluding hydrogens is 490 g/mol. The van der Waals surface area contributed by atoms with Crippen molar-refractivity contribution in [2.24, 2.45) is 5.41 Å². The van der Waals surface area contributed by atoms with E-state index in [1.54, 1.807) is 25.1 Å². The number of methoxy groups -OCH3 is 1. The Labute approximate surface area is 222 Å². The Kier molecular flexibility index (Phi) is 10.9. The fourth-order valence-corrected chi connectivity index (χ4v) is 3.49. The molecule has 0 saturated carbocycles. The van der Waals surface area contributed by atoms with Gasteiger partial charge in [-0.15, -0.1) is 0 Å². The first-order chi connectivity index (χ1) is 17.9. The van der Waals surface area contributed by atoms with Crippen molar-refractivity contribution in [3.63, 3.8) is 0 Å². The minimum absolute atomic E-state index is 0.0999. The third-order valence-electron chi connectivity index (χ3n) is 5.62. The van der Waals surface area contributed by atoms with Crippen LogP contribution in [0.5, 0.6) is 5.75 Å². The monoisotopic (exact) mass is 527 g/mol. The lowest BCUT2D eigenvalue weighted by Crippen LogP contribution is -2.47. The van der Waals surface area contributed by atoms with E-state index in [0.29, 0.717) is 29.2 Å². The van der Waals surface area contributed by atoms with E-state index in [-0.39, 0.29) is 25.3 Å². The number of urea groups is 2. The van der Waals surface area contributed by atoms with Gasteiger partial charge in [-0.25, -0.2) is 9.59 Å². The number of nitrogens with one attached hydrogen (secondary N) is 5. The molecule has 5 amide bonds. The molecule has 1 atom stereocenters. The molecule has 2 aromatic rings. The van der Waals surface area contributed by atoms with Crippen molar-refractivity contribution in [1.29, 1.82) is 0 Å². The number of carboxylic acids is 1. The lowest BCUT2D eigenvalue weighted by atomic mass is 9.93. The second kappa shape index (κ2) is 13.9. The summed E-state index contributed by atoms with van der Waals surface area (Å²) in [7, 11) is 1.48. The average molecular weight is 528 g/mol. The first-order valence-electron chi connectivity index (χ1n) is 12.2. The van der Waals surface area contributed by atoms with Crippen LogP contribution in [0.2, 0.25) is 0 Å². The molecule has 0 spiro atoms. The number of hydrogen-bond acceptors (Lipinski definition) is 5. The van der Waals surface area contributed by atoms with Crippen LogP contribution >= 0.6 is 0 Å². The maximum absolute atomic E-state index is 12.6. The van der Waals surface area contributed by atoms with Crippen molar-refractivity contribution in [1.82, 2.24) is 16.0 Å². The summed E-state index contributed by atoms with van der Waals surface area (Å²) in [5, 5.41) is 22.5. The quantitative estimate of drug-likeness (QED) is 0.248. The summed E-state index contributed by atoms with van der Waals surface area (Å²) in [4.78, 5) is 47.7. The normalized spacial score (nSPS) is 11.6. The highest BCUT2D eigenvalue weighted by atomic mass is 16.5. The van der Waals surface area contributed by atoms with E-state index < -0.39 is 29.5 Å². The molecule has 11 heteroatoms. The fourth-order valence-electron chi connectivity index (χ4n) is 3.49. The van der Waals surface area contributed by atoms with Crippen molar-refractivity contribution in [3.8, 4) is 5.75 Å². The first-order valence-corrected chi connectivity index (χ1v) is 12.2. The molecule has 2 rings (SSSR count). The lowest BCUT2D eigenvalue weighted by Gasteiger charge is -2.26. The largest absolute Gasteiger partial charge is 0.495 e. The van der Waals surface area contributed by atoms with Crippen LogP contribution in [-0.2, 0) is 16.0 Å². The number of para-hydroxylation sites is 1. The molecule has 11 nitrogen and oxygen atoms in total. The second-order valence-corrected chi connectivity index (χ2v) is 9.87. The number of rotatable bonds is 12. The van der Waals surface area contributed by atoms with E-state index in [4.69, 9.17) is 9.84 Å². The number of benzene rings is 2. The molecule has 206 valence electrons. The maximum atomic E-state index is 12.6. The van der Waals surface area contributed by atoms with Crippen molar-refractivity contribution in [2.45, 2.75) is 46.6 Å². The number of carbonyl (C=O) groups excluding carboxylic acids is 3. The number of anilines is 2. The van der Waals surface area contributed by atoms with Crippen molar-refractivity contribution in [3.05, 3.63) is 53.6 Å². The minimum atomic E-state index is -0.993. The highest BCUT2D eigenvalue weighted by Crippen LogP contribution is 2.26. The molecule has 0 saturated heterocycles. The van der Waals surface area contributed by atoms with Gasteiger partial charge in [0.25, 0.3) is 0 Å². The highest BCUT2D eigenvalue weighted by molar-refractivity contribution is 6.01. The molecule has 0 bridgehead atoms. The zero-order valence-corrected chi connectivity index (χ0v) is 22.4. The molecule has 1 unspecified atom stereocenters. The van der Waals surface area contributed by atoms with Crippen LogP contribution in [0.15, 0.2) is 42.5 Å². The zero-order valence-electron chi connectivity index (χ0n) is 22.4. The van der Waals surface area contributed by atoms with Gasteiger partial charge < -0.3 is 36.4 Å². The third kappa shape index (κ3) is 10.4. The van der Waals surface area contributed by atoms with Gasteiger partial charge in [-0.1, -0.05) is 38.1 Å². The van der Waals surface area contributed by atoms with Crippen LogP contribution < -0.4 is 31.3 Å². The minimum Gasteiger partial charge on any atom is -0.495 e. The summed E-state index contributed by atoms with van der Waals surface area (Å²) in [6.07, 6.45) is -0.0714. The fraction of sp³-hybridized carbons (Fsp3) is 0.407. The standard InChI is InChI=1S/C27H37N5O6/c1-17-8-6-7-9-20(17)31-26(37)32-21-11-10-19(13-22(21)38-5)14-23(33)28-15-27(3,4)16-29-25(36)30-18(2)12-24(34)35/h6-11,13,18H,12,14-16H2,1-5H3,(H,28,33)(H,34,35)(H2,29,30,36)(H2,31,32,37). The third-order valence-corrected chi connectivity index (χ3v) is 5.62. The highest BCUT2D eigenvalue weighted by Gasteiger charge is 2.21. The van der Waals surface area contributed by atoms with Gasteiger partial charge in [0, 0.05) is 24.8 Å². The predicted molar refractivity (Wildman–Crippen MR) is 146 cm³/mol. The molecule has 2 aromatic carbocycles. The predicted octanol–water partition coefficient (Wildman–Crippen LogP) is 3.49. The van der Waals surface area contributed by atoms with Crippen LogP contribution in [-0.4, -0.2) is 55.3 Å². The summed E-state index contributed by atoms with van der Waals surface area (Å²) >= 11 is 0. The van der Waals surface area contributed by atoms with E-state index in [9.17, 15) is 19.2 Å². The Morgan fingerprint density at radius 1 is 0.947 bits per heavy atom. The second-order valence-electron chi connectivity index (χ2n) is 9.87. The molecule has 38 heavy (non-hydrogen) atoms. The smallest absolute Gasteiger partial charge is 0.323 e. The summed E-state index contributed by atoms with van der Waals surface area (Å²) in [5.74, 6) is -0.784. The maximum Gasteiger partial charge on any atom is 0.323 e. The Bertz CT molecular complexity index is 1150. The van der Waals surface area contributed by atoms with Crippen LogP contribution in [0, 0.1) is 12.3 Å². The summed E-state index contributed by atoms with van der Waals surface area (Å²) < 4.78 is 5.41. The lowest BCUT2D eigenvalue weighted by molar-refractivity contribution is -0.137.